The number of aliphatic hydroxyl groups is 1. The Balaban J connectivity index is 1.92. The highest BCUT2D eigenvalue weighted by molar-refractivity contribution is 6.51. The van der Waals surface area contributed by atoms with E-state index >= 15 is 0 Å². The molecule has 4 rings (SSSR count). The standard InChI is InChI=1S/C28H26ClN3O5/c1-16(33)30-19-6-5-7-21(15-19)32-25(17-8-11-20(12-9-17)31(2)3)24(27(35)28(32)36)26(34)18-10-13-22(29)23(14-18)37-4/h5-15,25,34H,1-4H3,(H,30,33)/b26-24+. The number of nitrogens with zero attached hydrogens (tertiary/aromatic N) is 2. The number of nitrogens with one attached hydrogen (secondary N) is 1. The predicted octanol–water partition coefficient (Wildman–Crippen LogP) is 5.00. The molecule has 0 spiro atoms. The molecular formula is C28H26ClN3O5. The number of halogens is 1. The number of rotatable bonds is 6. The fourth-order valence-electron chi connectivity index (χ4n) is 4.27. The van der Waals surface area contributed by atoms with Gasteiger partial charge in [0.1, 0.15) is 11.5 Å². The van der Waals surface area contributed by atoms with Crippen molar-refractivity contribution in [1.29, 1.82) is 0 Å². The van der Waals surface area contributed by atoms with E-state index in [9.17, 15) is 19.5 Å². The van der Waals surface area contributed by atoms with Gasteiger partial charge in [-0.15, -0.1) is 0 Å². The molecule has 1 atom stereocenters. The van der Waals surface area contributed by atoms with Gasteiger partial charge in [0.25, 0.3) is 11.7 Å². The van der Waals surface area contributed by atoms with E-state index in [4.69, 9.17) is 16.3 Å². The third-order valence-electron chi connectivity index (χ3n) is 6.04. The third-order valence-corrected chi connectivity index (χ3v) is 6.35. The highest BCUT2D eigenvalue weighted by Gasteiger charge is 2.47. The van der Waals surface area contributed by atoms with Crippen LogP contribution in [0.1, 0.15) is 24.1 Å². The van der Waals surface area contributed by atoms with Crippen LogP contribution in [0.25, 0.3) is 5.76 Å². The topological polar surface area (TPSA) is 99.2 Å². The molecule has 0 bridgehead atoms. The molecule has 1 aliphatic heterocycles. The Bertz CT molecular complexity index is 1420. The molecule has 190 valence electrons. The first-order valence-corrected chi connectivity index (χ1v) is 11.8. The summed E-state index contributed by atoms with van der Waals surface area (Å²) in [6, 6.07) is 17.7. The minimum Gasteiger partial charge on any atom is -0.507 e. The Kier molecular flexibility index (Phi) is 7.22. The van der Waals surface area contributed by atoms with Crippen molar-refractivity contribution < 1.29 is 24.2 Å². The van der Waals surface area contributed by atoms with Gasteiger partial charge >= 0.3 is 0 Å². The van der Waals surface area contributed by atoms with Crippen molar-refractivity contribution in [2.24, 2.45) is 0 Å². The predicted molar refractivity (Wildman–Crippen MR) is 144 cm³/mol. The summed E-state index contributed by atoms with van der Waals surface area (Å²) >= 11 is 6.15. The third kappa shape index (κ3) is 5.01. The number of hydrogen-bond donors (Lipinski definition) is 2. The molecule has 1 unspecified atom stereocenters. The molecule has 2 N–H and O–H groups in total. The highest BCUT2D eigenvalue weighted by atomic mass is 35.5. The van der Waals surface area contributed by atoms with Crippen molar-refractivity contribution in [3.05, 3.63) is 88.5 Å². The zero-order valence-corrected chi connectivity index (χ0v) is 21.5. The Morgan fingerprint density at radius 3 is 2.38 bits per heavy atom. The van der Waals surface area contributed by atoms with E-state index in [1.165, 1.54) is 25.0 Å². The van der Waals surface area contributed by atoms with Crippen LogP contribution in [-0.2, 0) is 14.4 Å². The number of methoxy groups -OCH3 is 1. The molecule has 1 fully saturated rings. The SMILES string of the molecule is COc1cc(/C(O)=C2\C(=O)C(=O)N(c3cccc(NC(C)=O)c3)C2c2ccc(N(C)C)cc2)ccc1Cl. The molecule has 0 aliphatic carbocycles. The molecule has 37 heavy (non-hydrogen) atoms. The van der Waals surface area contributed by atoms with Crippen molar-refractivity contribution in [2.45, 2.75) is 13.0 Å². The number of Topliss-reactive ketones (excluding diaryl/α,β-unsaturated/α-hetero) is 1. The molecule has 1 saturated heterocycles. The van der Waals surface area contributed by atoms with Gasteiger partial charge in [-0.3, -0.25) is 19.3 Å². The number of carbonyl (C=O) groups excluding carboxylic acids is 3. The lowest BCUT2D eigenvalue weighted by Crippen LogP contribution is -2.29. The highest BCUT2D eigenvalue weighted by Crippen LogP contribution is 2.43. The monoisotopic (exact) mass is 519 g/mol. The Morgan fingerprint density at radius 1 is 1.05 bits per heavy atom. The maximum absolute atomic E-state index is 13.4. The van der Waals surface area contributed by atoms with Gasteiger partial charge in [-0.25, -0.2) is 0 Å². The fraction of sp³-hybridized carbons (Fsp3) is 0.179. The van der Waals surface area contributed by atoms with Gasteiger partial charge in [-0.2, -0.15) is 0 Å². The smallest absolute Gasteiger partial charge is 0.300 e. The Hall–Kier alpha value is -4.30. The van der Waals surface area contributed by atoms with Crippen LogP contribution in [0.5, 0.6) is 5.75 Å². The van der Waals surface area contributed by atoms with Crippen LogP contribution in [0, 0.1) is 0 Å². The summed E-state index contributed by atoms with van der Waals surface area (Å²) in [6.45, 7) is 1.38. The van der Waals surface area contributed by atoms with Gasteiger partial charge in [0.05, 0.1) is 23.7 Å². The van der Waals surface area contributed by atoms with Crippen LogP contribution in [0.15, 0.2) is 72.3 Å². The van der Waals surface area contributed by atoms with E-state index in [1.54, 1.807) is 36.4 Å². The van der Waals surface area contributed by atoms with Crippen molar-refractivity contribution in [1.82, 2.24) is 0 Å². The Labute approximate surface area is 219 Å². The number of carbonyl (C=O) groups is 3. The Morgan fingerprint density at radius 2 is 1.76 bits per heavy atom. The average molecular weight is 520 g/mol. The molecule has 0 saturated carbocycles. The van der Waals surface area contributed by atoms with Crippen LogP contribution in [0.2, 0.25) is 5.02 Å². The first kappa shape index (κ1) is 25.8. The van der Waals surface area contributed by atoms with Crippen LogP contribution in [-0.4, -0.2) is 43.9 Å². The second-order valence-corrected chi connectivity index (χ2v) is 9.14. The van der Waals surface area contributed by atoms with Gasteiger partial charge < -0.3 is 20.1 Å². The second-order valence-electron chi connectivity index (χ2n) is 8.74. The lowest BCUT2D eigenvalue weighted by molar-refractivity contribution is -0.132. The fourth-order valence-corrected chi connectivity index (χ4v) is 4.46. The summed E-state index contributed by atoms with van der Waals surface area (Å²) in [5, 5.41) is 14.4. The largest absolute Gasteiger partial charge is 0.507 e. The molecule has 0 aromatic heterocycles. The molecule has 1 aliphatic rings. The summed E-state index contributed by atoms with van der Waals surface area (Å²) in [6.07, 6.45) is 0. The first-order valence-electron chi connectivity index (χ1n) is 11.4. The number of anilines is 3. The number of ether oxygens (including phenoxy) is 1. The number of benzene rings is 3. The van der Waals surface area contributed by atoms with Gasteiger partial charge in [0.2, 0.25) is 5.91 Å². The summed E-state index contributed by atoms with van der Waals surface area (Å²) in [4.78, 5) is 41.7. The van der Waals surface area contributed by atoms with E-state index in [1.807, 2.05) is 43.3 Å². The lowest BCUT2D eigenvalue weighted by atomic mass is 9.94. The van der Waals surface area contributed by atoms with Gasteiger partial charge in [0.15, 0.2) is 0 Å². The summed E-state index contributed by atoms with van der Waals surface area (Å²) in [5.41, 5.74) is 2.62. The molecule has 3 aromatic rings. The summed E-state index contributed by atoms with van der Waals surface area (Å²) in [5.74, 6) is -1.95. The van der Waals surface area contributed by atoms with E-state index in [-0.39, 0.29) is 22.8 Å². The quantitative estimate of drug-likeness (QED) is 0.270. The van der Waals surface area contributed by atoms with E-state index in [0.717, 1.165) is 5.69 Å². The minimum atomic E-state index is -0.925. The summed E-state index contributed by atoms with van der Waals surface area (Å²) < 4.78 is 5.26. The van der Waals surface area contributed by atoms with Crippen LogP contribution in [0.4, 0.5) is 17.1 Å². The first-order chi connectivity index (χ1) is 17.6. The molecular weight excluding hydrogens is 494 g/mol. The lowest BCUT2D eigenvalue weighted by Gasteiger charge is -2.26. The van der Waals surface area contributed by atoms with E-state index in [0.29, 0.717) is 27.7 Å². The minimum absolute atomic E-state index is 0.0723. The van der Waals surface area contributed by atoms with Crippen molar-refractivity contribution in [3.8, 4) is 5.75 Å². The second kappa shape index (κ2) is 10.4. The normalized spacial score (nSPS) is 16.6. The van der Waals surface area contributed by atoms with Crippen molar-refractivity contribution >= 4 is 52.0 Å². The van der Waals surface area contributed by atoms with Crippen molar-refractivity contribution in [3.63, 3.8) is 0 Å². The molecule has 2 amide bonds. The van der Waals surface area contributed by atoms with Crippen LogP contribution < -0.4 is 19.9 Å². The molecule has 1 heterocycles. The summed E-state index contributed by atoms with van der Waals surface area (Å²) in [7, 11) is 5.25. The molecule has 9 heteroatoms. The van der Waals surface area contributed by atoms with Crippen LogP contribution >= 0.6 is 11.6 Å². The maximum atomic E-state index is 13.4. The van der Waals surface area contributed by atoms with Crippen LogP contribution in [0.3, 0.4) is 0 Å². The number of hydrogen-bond acceptors (Lipinski definition) is 6. The number of amides is 2. The van der Waals surface area contributed by atoms with Gasteiger partial charge in [-0.1, -0.05) is 29.8 Å². The van der Waals surface area contributed by atoms with Gasteiger partial charge in [-0.05, 0) is 54.1 Å². The molecule has 3 aromatic carbocycles. The maximum Gasteiger partial charge on any atom is 0.300 e. The van der Waals surface area contributed by atoms with Crippen molar-refractivity contribution in [2.75, 3.05) is 36.3 Å². The van der Waals surface area contributed by atoms with Gasteiger partial charge in [0, 0.05) is 43.6 Å². The average Bonchev–Trinajstić information content (AvgIpc) is 3.14. The van der Waals surface area contributed by atoms with E-state index in [2.05, 4.69) is 5.32 Å². The number of ketones is 1. The number of aliphatic hydroxyl groups excluding tert-OH is 1. The zero-order valence-electron chi connectivity index (χ0n) is 20.8. The van der Waals surface area contributed by atoms with E-state index < -0.39 is 17.7 Å². The zero-order chi connectivity index (χ0) is 26.9. The molecule has 0 radical (unpaired) electrons. The molecule has 8 nitrogen and oxygen atoms in total.